The van der Waals surface area contributed by atoms with E-state index < -0.39 is 0 Å². The molecule has 2 N–H and O–H groups in total. The average Bonchev–Trinajstić information content (AvgIpc) is 1.69. The molecule has 0 aliphatic heterocycles. The number of allylic oxidation sites excluding steroid dienone is 3. The fraction of sp³-hybridized carbons (Fsp3) is 0.333. The summed E-state index contributed by atoms with van der Waals surface area (Å²) in [5.41, 5.74) is 6.32. The van der Waals surface area contributed by atoms with Crippen molar-refractivity contribution < 1.29 is 0 Å². The molecule has 0 heterocycles. The Hall–Kier alpha value is -0.720. The second kappa shape index (κ2) is 1.82. The second-order valence-corrected chi connectivity index (χ2v) is 1.68. The molecule has 0 amide bonds. The van der Waals surface area contributed by atoms with Crippen LogP contribution in [0.4, 0.5) is 0 Å². The molecule has 0 atom stereocenters. The Morgan fingerprint density at radius 2 is 2.29 bits per heavy atom. The van der Waals surface area contributed by atoms with Crippen LogP contribution in [-0.4, -0.2) is 0 Å². The van der Waals surface area contributed by atoms with E-state index in [1.165, 1.54) is 0 Å². The van der Waals surface area contributed by atoms with Crippen molar-refractivity contribution in [3.05, 3.63) is 23.9 Å². The van der Waals surface area contributed by atoms with E-state index in [1.54, 1.807) is 0 Å². The topological polar surface area (TPSA) is 26.0 Å². The zero-order chi connectivity index (χ0) is 5.11. The first kappa shape index (κ1) is 4.44. The quantitative estimate of drug-likeness (QED) is 0.480. The Labute approximate surface area is 43.5 Å². The molecule has 0 unspecified atom stereocenters. The van der Waals surface area contributed by atoms with Crippen LogP contribution in [0, 0.1) is 0 Å². The molecule has 0 saturated carbocycles. The van der Waals surface area contributed by atoms with Gasteiger partial charge in [-0.3, -0.25) is 0 Å². The van der Waals surface area contributed by atoms with E-state index in [2.05, 4.69) is 6.08 Å². The summed E-state index contributed by atoms with van der Waals surface area (Å²) in [5, 5.41) is 0. The molecule has 0 spiro atoms. The number of hydrogen-bond acceptors (Lipinski definition) is 1. The van der Waals surface area contributed by atoms with Gasteiger partial charge in [-0.1, -0.05) is 12.2 Å². The summed E-state index contributed by atoms with van der Waals surface area (Å²) < 4.78 is 0. The molecule has 0 saturated heterocycles. The lowest BCUT2D eigenvalue weighted by atomic mass is 10.2. The molecular formula is C6H9N. The van der Waals surface area contributed by atoms with Gasteiger partial charge in [-0.05, 0) is 18.9 Å². The maximum atomic E-state index is 5.41. The molecule has 1 heteroatoms. The van der Waals surface area contributed by atoms with Crippen LogP contribution in [-0.2, 0) is 0 Å². The van der Waals surface area contributed by atoms with Crippen molar-refractivity contribution in [1.82, 2.24) is 0 Å². The van der Waals surface area contributed by atoms with Crippen molar-refractivity contribution in [2.45, 2.75) is 12.8 Å². The molecule has 1 rings (SSSR count). The summed E-state index contributed by atoms with van der Waals surface area (Å²) in [7, 11) is 0. The highest BCUT2D eigenvalue weighted by Gasteiger charge is 1.86. The summed E-state index contributed by atoms with van der Waals surface area (Å²) >= 11 is 0. The van der Waals surface area contributed by atoms with E-state index in [1.807, 2.05) is 12.2 Å². The molecule has 38 valence electrons. The lowest BCUT2D eigenvalue weighted by Gasteiger charge is -1.97. The summed E-state index contributed by atoms with van der Waals surface area (Å²) in [4.78, 5) is 0. The lowest BCUT2D eigenvalue weighted by Crippen LogP contribution is -1.94. The van der Waals surface area contributed by atoms with Gasteiger partial charge in [0.15, 0.2) is 0 Å². The van der Waals surface area contributed by atoms with Crippen LogP contribution in [0.2, 0.25) is 0 Å². The Morgan fingerprint density at radius 3 is 2.57 bits per heavy atom. The predicted octanol–water partition coefficient (Wildman–Crippen LogP) is 1.18. The summed E-state index contributed by atoms with van der Waals surface area (Å²) in [5.74, 6) is 0. The van der Waals surface area contributed by atoms with Crippen LogP contribution in [0.1, 0.15) is 12.8 Å². The van der Waals surface area contributed by atoms with Crippen molar-refractivity contribution in [3.8, 4) is 0 Å². The summed E-state index contributed by atoms with van der Waals surface area (Å²) in [6.07, 6.45) is 8.35. The van der Waals surface area contributed by atoms with Crippen LogP contribution < -0.4 is 5.73 Å². The fourth-order valence-corrected chi connectivity index (χ4v) is 0.634. The molecule has 0 aromatic rings. The van der Waals surface area contributed by atoms with Crippen molar-refractivity contribution in [3.63, 3.8) is 0 Å². The van der Waals surface area contributed by atoms with E-state index in [9.17, 15) is 0 Å². The zero-order valence-corrected chi connectivity index (χ0v) is 4.22. The second-order valence-electron chi connectivity index (χ2n) is 1.68. The van der Waals surface area contributed by atoms with E-state index in [-0.39, 0.29) is 0 Å². The molecule has 0 aromatic heterocycles. The maximum absolute atomic E-state index is 5.41. The SMILES string of the molecule is NC1=CCCC=C1. The van der Waals surface area contributed by atoms with Gasteiger partial charge in [0.1, 0.15) is 0 Å². The summed E-state index contributed by atoms with van der Waals surface area (Å²) in [6, 6.07) is 0. The monoisotopic (exact) mass is 95.1 g/mol. The largest absolute Gasteiger partial charge is 0.399 e. The first-order valence-corrected chi connectivity index (χ1v) is 2.52. The fourth-order valence-electron chi connectivity index (χ4n) is 0.634. The van der Waals surface area contributed by atoms with Crippen LogP contribution in [0.15, 0.2) is 23.9 Å². The third kappa shape index (κ3) is 1.07. The Kier molecular flexibility index (Phi) is 1.16. The zero-order valence-electron chi connectivity index (χ0n) is 4.22. The number of hydrogen-bond donors (Lipinski definition) is 1. The third-order valence-corrected chi connectivity index (χ3v) is 1.02. The standard InChI is InChI=1S/C6H9N/c7-6-4-2-1-3-5-6/h2,4-5H,1,3,7H2. The van der Waals surface area contributed by atoms with Gasteiger partial charge in [0.2, 0.25) is 0 Å². The molecule has 7 heavy (non-hydrogen) atoms. The molecule has 1 aliphatic rings. The van der Waals surface area contributed by atoms with Gasteiger partial charge in [-0.15, -0.1) is 0 Å². The van der Waals surface area contributed by atoms with Crippen molar-refractivity contribution in [2.75, 3.05) is 0 Å². The Morgan fingerprint density at radius 1 is 1.43 bits per heavy atom. The van der Waals surface area contributed by atoms with Crippen molar-refractivity contribution >= 4 is 0 Å². The van der Waals surface area contributed by atoms with Crippen LogP contribution in [0.5, 0.6) is 0 Å². The molecule has 0 bridgehead atoms. The third-order valence-electron chi connectivity index (χ3n) is 1.02. The van der Waals surface area contributed by atoms with E-state index in [4.69, 9.17) is 5.73 Å². The van der Waals surface area contributed by atoms with Gasteiger partial charge < -0.3 is 5.73 Å². The van der Waals surface area contributed by atoms with E-state index in [0.717, 1.165) is 18.5 Å². The molecule has 0 radical (unpaired) electrons. The maximum Gasteiger partial charge on any atom is 0.0270 e. The number of rotatable bonds is 0. The van der Waals surface area contributed by atoms with E-state index >= 15 is 0 Å². The van der Waals surface area contributed by atoms with Crippen molar-refractivity contribution in [2.24, 2.45) is 5.73 Å². The lowest BCUT2D eigenvalue weighted by molar-refractivity contribution is 1.01. The highest BCUT2D eigenvalue weighted by Crippen LogP contribution is 2.02. The Bertz CT molecular complexity index is 111. The normalized spacial score (nSPS) is 19.1. The molecule has 0 aromatic carbocycles. The first-order valence-electron chi connectivity index (χ1n) is 2.52. The minimum absolute atomic E-state index is 0.909. The van der Waals surface area contributed by atoms with Gasteiger partial charge in [0.05, 0.1) is 0 Å². The highest BCUT2D eigenvalue weighted by molar-refractivity contribution is 5.17. The van der Waals surface area contributed by atoms with Gasteiger partial charge in [0.25, 0.3) is 0 Å². The predicted molar refractivity (Wildman–Crippen MR) is 30.6 cm³/mol. The van der Waals surface area contributed by atoms with Crippen molar-refractivity contribution in [1.29, 1.82) is 0 Å². The highest BCUT2D eigenvalue weighted by atomic mass is 14.6. The molecule has 1 nitrogen and oxygen atoms in total. The van der Waals surface area contributed by atoms with Crippen LogP contribution in [0.25, 0.3) is 0 Å². The smallest absolute Gasteiger partial charge is 0.0270 e. The Balaban J connectivity index is 2.58. The van der Waals surface area contributed by atoms with E-state index in [0.29, 0.717) is 0 Å². The van der Waals surface area contributed by atoms with Gasteiger partial charge in [0, 0.05) is 5.70 Å². The minimum atomic E-state index is 0.909. The average molecular weight is 95.1 g/mol. The minimum Gasteiger partial charge on any atom is -0.399 e. The first-order chi connectivity index (χ1) is 3.39. The molecule has 1 aliphatic carbocycles. The number of nitrogens with two attached hydrogens (primary N) is 1. The van der Waals surface area contributed by atoms with Gasteiger partial charge in [-0.25, -0.2) is 0 Å². The van der Waals surface area contributed by atoms with Crippen LogP contribution in [0.3, 0.4) is 0 Å². The van der Waals surface area contributed by atoms with Gasteiger partial charge >= 0.3 is 0 Å². The molecular weight excluding hydrogens is 86.1 g/mol. The molecule has 0 fully saturated rings. The summed E-state index contributed by atoms with van der Waals surface area (Å²) in [6.45, 7) is 0. The van der Waals surface area contributed by atoms with Gasteiger partial charge in [-0.2, -0.15) is 0 Å². The van der Waals surface area contributed by atoms with Crippen LogP contribution >= 0.6 is 0 Å².